The highest BCUT2D eigenvalue weighted by Crippen LogP contribution is 2.38. The number of carbonyl (C=O) groups is 1. The number of H-pyrrole nitrogens is 1. The number of aromatic nitrogens is 2. The van der Waals surface area contributed by atoms with Crippen LogP contribution >= 0.6 is 0 Å². The number of carboxylic acids is 1. The number of benzene rings is 5. The minimum atomic E-state index is -1.26. The third-order valence-corrected chi connectivity index (χ3v) is 7.67. The largest absolute Gasteiger partial charge is 0.497 e. The van der Waals surface area contributed by atoms with E-state index >= 15 is 0 Å². The molecule has 1 heterocycles. The molecule has 8 nitrogen and oxygen atoms in total. The van der Waals surface area contributed by atoms with Crippen LogP contribution in [0, 0.1) is 11.3 Å². The lowest BCUT2D eigenvalue weighted by Gasteiger charge is -2.25. The van der Waals surface area contributed by atoms with Gasteiger partial charge in [0.25, 0.3) is 0 Å². The molecule has 0 amide bonds. The molecule has 5 aromatic carbocycles. The second-order valence-corrected chi connectivity index (χ2v) is 10.6. The topological polar surface area (TPSA) is 111 Å². The zero-order valence-electron chi connectivity index (χ0n) is 25.7. The summed E-state index contributed by atoms with van der Waals surface area (Å²) in [5, 5.41) is 18.4. The number of rotatable bonds is 10. The Kier molecular flexibility index (Phi) is 8.80. The molecule has 0 saturated carbocycles. The molecule has 0 unspecified atom stereocenters. The Bertz CT molecular complexity index is 2000. The SMILES string of the molecule is COc1ccc(-c2nc(-c3ccc(N(c4ccccc4)c4ccc(/C=C(/C#N)C(=O)O)cc4)cc3)[nH]c2-c2ccc(OC)cc2)cc1. The molecule has 8 heteroatoms. The van der Waals surface area contributed by atoms with Crippen molar-refractivity contribution in [1.29, 1.82) is 5.26 Å². The van der Waals surface area contributed by atoms with E-state index in [1.807, 2.05) is 115 Å². The van der Waals surface area contributed by atoms with Gasteiger partial charge in [0.15, 0.2) is 0 Å². The normalized spacial score (nSPS) is 11.0. The van der Waals surface area contributed by atoms with Crippen molar-refractivity contribution in [3.05, 3.63) is 139 Å². The quantitative estimate of drug-likeness (QED) is 0.116. The first-order valence-corrected chi connectivity index (χ1v) is 14.8. The number of hydrogen-bond acceptors (Lipinski definition) is 6. The first-order chi connectivity index (χ1) is 23.0. The number of aromatic amines is 1. The van der Waals surface area contributed by atoms with Crippen molar-refractivity contribution in [2.45, 2.75) is 0 Å². The van der Waals surface area contributed by atoms with Crippen LogP contribution in [0.5, 0.6) is 11.5 Å². The van der Waals surface area contributed by atoms with Crippen LogP contribution in [0.25, 0.3) is 40.0 Å². The first-order valence-electron chi connectivity index (χ1n) is 14.8. The fraction of sp³-hybridized carbons (Fsp3) is 0.0513. The Hall–Kier alpha value is -6.59. The van der Waals surface area contributed by atoms with Crippen LogP contribution in [0.4, 0.5) is 17.1 Å². The third-order valence-electron chi connectivity index (χ3n) is 7.67. The monoisotopic (exact) mass is 618 g/mol. The summed E-state index contributed by atoms with van der Waals surface area (Å²) in [5.41, 5.74) is 7.59. The molecule has 0 bridgehead atoms. The summed E-state index contributed by atoms with van der Waals surface area (Å²) < 4.78 is 10.7. The van der Waals surface area contributed by atoms with Crippen LogP contribution in [0.2, 0.25) is 0 Å². The summed E-state index contributed by atoms with van der Waals surface area (Å²) in [6.07, 6.45) is 1.36. The molecule has 0 aliphatic carbocycles. The molecule has 0 radical (unpaired) electrons. The maximum absolute atomic E-state index is 11.3. The number of anilines is 3. The number of carboxylic acid groups (broad SMARTS) is 1. The van der Waals surface area contributed by atoms with E-state index in [9.17, 15) is 9.90 Å². The van der Waals surface area contributed by atoms with Gasteiger partial charge in [-0.3, -0.25) is 0 Å². The summed E-state index contributed by atoms with van der Waals surface area (Å²) >= 11 is 0. The molecule has 0 aliphatic heterocycles. The number of aliphatic carboxylic acids is 1. The number of nitrogens with zero attached hydrogens (tertiary/aromatic N) is 3. The van der Waals surface area contributed by atoms with Crippen LogP contribution < -0.4 is 14.4 Å². The van der Waals surface area contributed by atoms with Crippen molar-refractivity contribution in [3.8, 4) is 51.5 Å². The molecule has 0 aliphatic rings. The first kappa shape index (κ1) is 30.4. The molecule has 0 spiro atoms. The van der Waals surface area contributed by atoms with Gasteiger partial charge in [0.1, 0.15) is 29.0 Å². The molecule has 1 aromatic heterocycles. The third kappa shape index (κ3) is 6.60. The molecule has 0 atom stereocenters. The van der Waals surface area contributed by atoms with E-state index in [4.69, 9.17) is 19.7 Å². The lowest BCUT2D eigenvalue weighted by molar-refractivity contribution is -0.132. The van der Waals surface area contributed by atoms with Crippen LogP contribution in [-0.4, -0.2) is 35.3 Å². The van der Waals surface area contributed by atoms with Gasteiger partial charge in [-0.1, -0.05) is 30.3 Å². The van der Waals surface area contributed by atoms with E-state index < -0.39 is 5.97 Å². The van der Waals surface area contributed by atoms with E-state index in [0.29, 0.717) is 5.56 Å². The average Bonchev–Trinajstić information content (AvgIpc) is 3.57. The number of ether oxygens (including phenoxy) is 2. The Labute approximate surface area is 272 Å². The second kappa shape index (κ2) is 13.6. The Balaban J connectivity index is 1.37. The minimum Gasteiger partial charge on any atom is -0.497 e. The summed E-state index contributed by atoms with van der Waals surface area (Å²) in [5.74, 6) is 1.01. The minimum absolute atomic E-state index is 0.323. The van der Waals surface area contributed by atoms with Gasteiger partial charge in [0, 0.05) is 33.8 Å². The molecule has 6 rings (SSSR count). The van der Waals surface area contributed by atoms with Crippen molar-refractivity contribution >= 4 is 29.1 Å². The highest BCUT2D eigenvalue weighted by molar-refractivity contribution is 5.96. The van der Waals surface area contributed by atoms with Crippen molar-refractivity contribution in [1.82, 2.24) is 9.97 Å². The fourth-order valence-corrected chi connectivity index (χ4v) is 5.26. The van der Waals surface area contributed by atoms with Gasteiger partial charge in [-0.2, -0.15) is 5.26 Å². The van der Waals surface area contributed by atoms with E-state index in [1.165, 1.54) is 6.08 Å². The summed E-state index contributed by atoms with van der Waals surface area (Å²) in [4.78, 5) is 22.0. The maximum atomic E-state index is 11.3. The van der Waals surface area contributed by atoms with Gasteiger partial charge < -0.3 is 24.5 Å². The van der Waals surface area contributed by atoms with E-state index in [0.717, 1.165) is 62.5 Å². The molecular formula is C39H30N4O4. The summed E-state index contributed by atoms with van der Waals surface area (Å²) in [6.45, 7) is 0. The zero-order valence-corrected chi connectivity index (χ0v) is 25.7. The summed E-state index contributed by atoms with van der Waals surface area (Å²) in [7, 11) is 3.29. The van der Waals surface area contributed by atoms with Gasteiger partial charge in [-0.15, -0.1) is 0 Å². The number of hydrogen-bond donors (Lipinski definition) is 2. The molecule has 6 aromatic rings. The second-order valence-electron chi connectivity index (χ2n) is 10.6. The van der Waals surface area contributed by atoms with E-state index in [1.54, 1.807) is 32.4 Å². The maximum Gasteiger partial charge on any atom is 0.346 e. The van der Waals surface area contributed by atoms with Gasteiger partial charge in [-0.05, 0) is 109 Å². The lowest BCUT2D eigenvalue weighted by atomic mass is 10.0. The Morgan fingerprint density at radius 3 is 1.77 bits per heavy atom. The standard InChI is InChI=1S/C39H30N4O4/c1-46-34-20-12-27(13-21-34)36-37(28-14-22-35(47-2)23-15-28)42-38(41-36)29-10-18-33(19-11-29)43(31-6-4-3-5-7-31)32-16-8-26(9-17-32)24-30(25-40)39(44)45/h3-24H,1-2H3,(H,41,42)(H,44,45)/b30-24-. The number of methoxy groups -OCH3 is 2. The predicted molar refractivity (Wildman–Crippen MR) is 184 cm³/mol. The number of para-hydroxylation sites is 1. The van der Waals surface area contributed by atoms with E-state index in [-0.39, 0.29) is 5.57 Å². The predicted octanol–water partition coefficient (Wildman–Crippen LogP) is 8.89. The van der Waals surface area contributed by atoms with Gasteiger partial charge in [0.2, 0.25) is 0 Å². The van der Waals surface area contributed by atoms with Gasteiger partial charge >= 0.3 is 5.97 Å². The highest BCUT2D eigenvalue weighted by Gasteiger charge is 2.17. The van der Waals surface area contributed by atoms with Gasteiger partial charge in [0.05, 0.1) is 25.6 Å². The zero-order chi connectivity index (χ0) is 32.8. The van der Waals surface area contributed by atoms with Crippen molar-refractivity contribution in [2.75, 3.05) is 19.1 Å². The molecule has 47 heavy (non-hydrogen) atoms. The Morgan fingerprint density at radius 1 is 0.723 bits per heavy atom. The molecule has 2 N–H and O–H groups in total. The molecular weight excluding hydrogens is 588 g/mol. The molecule has 0 fully saturated rings. The Morgan fingerprint density at radius 2 is 1.23 bits per heavy atom. The van der Waals surface area contributed by atoms with Crippen molar-refractivity contribution in [3.63, 3.8) is 0 Å². The highest BCUT2D eigenvalue weighted by atomic mass is 16.5. The van der Waals surface area contributed by atoms with Crippen LogP contribution in [0.15, 0.2) is 133 Å². The number of nitriles is 1. The fourth-order valence-electron chi connectivity index (χ4n) is 5.26. The van der Waals surface area contributed by atoms with Crippen LogP contribution in [0.3, 0.4) is 0 Å². The van der Waals surface area contributed by atoms with Crippen LogP contribution in [0.1, 0.15) is 5.56 Å². The number of imidazole rings is 1. The smallest absolute Gasteiger partial charge is 0.346 e. The molecule has 0 saturated heterocycles. The van der Waals surface area contributed by atoms with E-state index in [2.05, 4.69) is 9.88 Å². The number of nitrogens with one attached hydrogen (secondary N) is 1. The average molecular weight is 619 g/mol. The summed E-state index contributed by atoms with van der Waals surface area (Å²) in [6, 6.07) is 42.9. The molecule has 230 valence electrons. The van der Waals surface area contributed by atoms with Gasteiger partial charge in [-0.25, -0.2) is 9.78 Å². The van der Waals surface area contributed by atoms with Crippen molar-refractivity contribution < 1.29 is 19.4 Å². The lowest BCUT2D eigenvalue weighted by Crippen LogP contribution is -2.09. The van der Waals surface area contributed by atoms with Crippen molar-refractivity contribution in [2.24, 2.45) is 0 Å². The van der Waals surface area contributed by atoms with Crippen LogP contribution in [-0.2, 0) is 4.79 Å².